The molecular formula is C10H20N2O5S. The molecule has 0 aliphatic heterocycles. The Hall–Kier alpha value is -0.700. The number of rotatable bonds is 7. The van der Waals surface area contributed by atoms with Crippen molar-refractivity contribution >= 4 is 16.2 Å². The monoisotopic (exact) mass is 280 g/mol. The minimum absolute atomic E-state index is 0.0000347. The number of carbonyl (C=O) groups is 1. The van der Waals surface area contributed by atoms with Gasteiger partial charge in [-0.25, -0.2) is 0 Å². The van der Waals surface area contributed by atoms with E-state index in [1.165, 1.54) is 14.2 Å². The quantitative estimate of drug-likeness (QED) is 0.597. The average Bonchev–Trinajstić information content (AvgIpc) is 2.30. The number of carbonyl (C=O) groups excluding carboxylic acids is 1. The standard InChI is InChI=1S/C10H20N2O5S/c1-12(7-4-9(14)17-2)18(15,16)11-10(8-13)5-3-6-10/h11,13H,3-8H2,1-2H3. The van der Waals surface area contributed by atoms with Gasteiger partial charge >= 0.3 is 5.97 Å². The van der Waals surface area contributed by atoms with Crippen molar-refractivity contribution in [2.45, 2.75) is 31.2 Å². The van der Waals surface area contributed by atoms with Crippen molar-refractivity contribution < 1.29 is 23.1 Å². The van der Waals surface area contributed by atoms with E-state index in [0.29, 0.717) is 12.8 Å². The van der Waals surface area contributed by atoms with Crippen LogP contribution in [0.2, 0.25) is 0 Å². The molecule has 1 aliphatic rings. The van der Waals surface area contributed by atoms with Crippen LogP contribution in [0.15, 0.2) is 0 Å². The van der Waals surface area contributed by atoms with Gasteiger partial charge in [-0.2, -0.15) is 17.4 Å². The average molecular weight is 280 g/mol. The SMILES string of the molecule is COC(=O)CCN(C)S(=O)(=O)NC1(CO)CCC1. The molecule has 18 heavy (non-hydrogen) atoms. The molecule has 106 valence electrons. The Bertz CT molecular complexity index is 386. The summed E-state index contributed by atoms with van der Waals surface area (Å²) in [4.78, 5) is 10.9. The predicted octanol–water partition coefficient (Wildman–Crippen LogP) is -0.769. The van der Waals surface area contributed by atoms with Crippen molar-refractivity contribution in [1.29, 1.82) is 0 Å². The van der Waals surface area contributed by atoms with E-state index in [0.717, 1.165) is 10.7 Å². The molecule has 0 saturated heterocycles. The summed E-state index contributed by atoms with van der Waals surface area (Å²) in [6.07, 6.45) is 2.16. The molecular weight excluding hydrogens is 260 g/mol. The van der Waals surface area contributed by atoms with Gasteiger partial charge in [0.05, 0.1) is 25.7 Å². The lowest BCUT2D eigenvalue weighted by atomic mass is 9.78. The highest BCUT2D eigenvalue weighted by atomic mass is 32.2. The Morgan fingerprint density at radius 1 is 1.50 bits per heavy atom. The van der Waals surface area contributed by atoms with Crippen LogP contribution in [0.25, 0.3) is 0 Å². The lowest BCUT2D eigenvalue weighted by molar-refractivity contribution is -0.140. The summed E-state index contributed by atoms with van der Waals surface area (Å²) in [6.45, 7) is -0.166. The minimum Gasteiger partial charge on any atom is -0.469 e. The van der Waals surface area contributed by atoms with E-state index in [1.807, 2.05) is 0 Å². The van der Waals surface area contributed by atoms with Gasteiger partial charge in [0.25, 0.3) is 10.2 Å². The van der Waals surface area contributed by atoms with Crippen LogP contribution in [-0.4, -0.2) is 56.6 Å². The molecule has 1 aliphatic carbocycles. The van der Waals surface area contributed by atoms with Crippen molar-refractivity contribution in [2.24, 2.45) is 0 Å². The molecule has 1 rings (SSSR count). The van der Waals surface area contributed by atoms with Gasteiger partial charge < -0.3 is 9.84 Å². The maximum absolute atomic E-state index is 12.0. The molecule has 0 amide bonds. The van der Waals surface area contributed by atoms with Gasteiger partial charge in [0, 0.05) is 13.6 Å². The van der Waals surface area contributed by atoms with Crippen molar-refractivity contribution in [3.63, 3.8) is 0 Å². The Kier molecular flexibility index (Phi) is 5.09. The fourth-order valence-corrected chi connectivity index (χ4v) is 3.02. The number of aliphatic hydroxyl groups is 1. The summed E-state index contributed by atoms with van der Waals surface area (Å²) in [5.41, 5.74) is -0.724. The molecule has 0 aromatic carbocycles. The number of hydrogen-bond donors (Lipinski definition) is 2. The second-order valence-corrected chi connectivity index (χ2v) is 6.32. The number of aliphatic hydroxyl groups excluding tert-OH is 1. The second-order valence-electron chi connectivity index (χ2n) is 4.55. The van der Waals surface area contributed by atoms with E-state index in [2.05, 4.69) is 9.46 Å². The van der Waals surface area contributed by atoms with Gasteiger partial charge in [0.15, 0.2) is 0 Å². The summed E-state index contributed by atoms with van der Waals surface area (Å²) in [5, 5.41) is 9.22. The van der Waals surface area contributed by atoms with Gasteiger partial charge in [0.2, 0.25) is 0 Å². The van der Waals surface area contributed by atoms with Crippen LogP contribution in [0.3, 0.4) is 0 Å². The van der Waals surface area contributed by atoms with Crippen molar-refractivity contribution in [3.8, 4) is 0 Å². The van der Waals surface area contributed by atoms with Crippen LogP contribution < -0.4 is 4.72 Å². The summed E-state index contributed by atoms with van der Waals surface area (Å²) < 4.78 is 31.9. The maximum atomic E-state index is 12.0. The summed E-state index contributed by atoms with van der Waals surface area (Å²) in [6, 6.07) is 0. The van der Waals surface area contributed by atoms with Gasteiger partial charge in [-0.3, -0.25) is 4.79 Å². The summed E-state index contributed by atoms with van der Waals surface area (Å²) >= 11 is 0. The zero-order valence-corrected chi connectivity index (χ0v) is 11.5. The van der Waals surface area contributed by atoms with E-state index in [1.54, 1.807) is 0 Å². The van der Waals surface area contributed by atoms with Gasteiger partial charge in [0.1, 0.15) is 0 Å². The topological polar surface area (TPSA) is 95.9 Å². The van der Waals surface area contributed by atoms with Gasteiger partial charge in [-0.15, -0.1) is 0 Å². The Morgan fingerprint density at radius 2 is 2.11 bits per heavy atom. The zero-order chi connectivity index (χ0) is 13.8. The molecule has 0 unspecified atom stereocenters. The van der Waals surface area contributed by atoms with E-state index >= 15 is 0 Å². The Labute approximate surface area is 107 Å². The van der Waals surface area contributed by atoms with E-state index in [4.69, 9.17) is 0 Å². The predicted molar refractivity (Wildman–Crippen MR) is 65.0 cm³/mol. The summed E-state index contributed by atoms with van der Waals surface area (Å²) in [5.74, 6) is -0.461. The number of hydrogen-bond acceptors (Lipinski definition) is 5. The Morgan fingerprint density at radius 3 is 2.50 bits per heavy atom. The van der Waals surface area contributed by atoms with Gasteiger partial charge in [-0.05, 0) is 19.3 Å². The molecule has 0 heterocycles. The normalized spacial score (nSPS) is 18.4. The van der Waals surface area contributed by atoms with Crippen molar-refractivity contribution in [3.05, 3.63) is 0 Å². The number of ether oxygens (including phenoxy) is 1. The molecule has 0 atom stereocenters. The van der Waals surface area contributed by atoms with Crippen LogP contribution in [0, 0.1) is 0 Å². The number of nitrogens with one attached hydrogen (secondary N) is 1. The van der Waals surface area contributed by atoms with Crippen LogP contribution in [0.1, 0.15) is 25.7 Å². The lowest BCUT2D eigenvalue weighted by Crippen LogP contribution is -2.58. The highest BCUT2D eigenvalue weighted by Crippen LogP contribution is 2.32. The largest absolute Gasteiger partial charge is 0.469 e. The molecule has 1 fully saturated rings. The molecule has 1 saturated carbocycles. The van der Waals surface area contributed by atoms with E-state index in [-0.39, 0.29) is 19.6 Å². The van der Waals surface area contributed by atoms with Crippen LogP contribution in [-0.2, 0) is 19.7 Å². The van der Waals surface area contributed by atoms with Crippen LogP contribution >= 0.6 is 0 Å². The first kappa shape index (κ1) is 15.4. The first-order valence-electron chi connectivity index (χ1n) is 5.78. The van der Waals surface area contributed by atoms with Crippen molar-refractivity contribution in [2.75, 3.05) is 27.3 Å². The van der Waals surface area contributed by atoms with E-state index in [9.17, 15) is 18.3 Å². The first-order chi connectivity index (χ1) is 8.35. The van der Waals surface area contributed by atoms with Gasteiger partial charge in [-0.1, -0.05) is 0 Å². The third-order valence-electron chi connectivity index (χ3n) is 3.23. The smallest absolute Gasteiger partial charge is 0.306 e. The Balaban J connectivity index is 2.54. The van der Waals surface area contributed by atoms with Crippen LogP contribution in [0.5, 0.6) is 0 Å². The number of esters is 1. The number of methoxy groups -OCH3 is 1. The molecule has 0 spiro atoms. The first-order valence-corrected chi connectivity index (χ1v) is 7.22. The molecule has 0 aromatic heterocycles. The lowest BCUT2D eigenvalue weighted by Gasteiger charge is -2.41. The molecule has 0 radical (unpaired) electrons. The summed E-state index contributed by atoms with van der Waals surface area (Å²) in [7, 11) is -1.04. The molecule has 0 bridgehead atoms. The third kappa shape index (κ3) is 3.64. The molecule has 2 N–H and O–H groups in total. The van der Waals surface area contributed by atoms with Crippen molar-refractivity contribution in [1.82, 2.24) is 9.03 Å². The molecule has 0 aromatic rings. The maximum Gasteiger partial charge on any atom is 0.306 e. The second kappa shape index (κ2) is 5.96. The highest BCUT2D eigenvalue weighted by molar-refractivity contribution is 7.87. The zero-order valence-electron chi connectivity index (χ0n) is 10.7. The van der Waals surface area contributed by atoms with E-state index < -0.39 is 21.7 Å². The fourth-order valence-electron chi connectivity index (χ4n) is 1.72. The minimum atomic E-state index is -3.68. The number of nitrogens with zero attached hydrogens (tertiary/aromatic N) is 1. The molecule has 8 heteroatoms. The van der Waals surface area contributed by atoms with Crippen LogP contribution in [0.4, 0.5) is 0 Å². The fraction of sp³-hybridized carbons (Fsp3) is 0.900. The molecule has 7 nitrogen and oxygen atoms in total. The highest BCUT2D eigenvalue weighted by Gasteiger charge is 2.40. The third-order valence-corrected chi connectivity index (χ3v) is 4.92.